The van der Waals surface area contributed by atoms with Gasteiger partial charge < -0.3 is 19.9 Å². The van der Waals surface area contributed by atoms with Gasteiger partial charge in [-0.05, 0) is 33.5 Å². The number of ketones is 1. The molecule has 0 amide bonds. The van der Waals surface area contributed by atoms with Gasteiger partial charge in [-0.25, -0.2) is 0 Å². The second kappa shape index (κ2) is 8.48. The Morgan fingerprint density at radius 1 is 1.13 bits per heavy atom. The summed E-state index contributed by atoms with van der Waals surface area (Å²) < 4.78 is 17.5. The monoisotopic (exact) mass is 480 g/mol. The number of nitrogens with two attached hydrogens (primary N) is 1. The number of ether oxygens (including phenoxy) is 3. The number of Topliss-reactive ketones (excluding diaryl/α,β-unsaturated/α-hetero) is 1. The van der Waals surface area contributed by atoms with Crippen molar-refractivity contribution in [3.8, 4) is 17.6 Å². The summed E-state index contributed by atoms with van der Waals surface area (Å²) >= 11 is 3.49. The second-order valence-electron chi connectivity index (χ2n) is 7.43. The Morgan fingerprint density at radius 2 is 1.84 bits per heavy atom. The van der Waals surface area contributed by atoms with E-state index in [0.29, 0.717) is 45.7 Å². The van der Waals surface area contributed by atoms with E-state index in [4.69, 9.17) is 19.9 Å². The maximum absolute atomic E-state index is 13.4. The van der Waals surface area contributed by atoms with E-state index in [1.54, 1.807) is 19.2 Å². The minimum Gasteiger partial charge on any atom is -0.496 e. The number of hydrogen-bond acceptors (Lipinski definition) is 6. The van der Waals surface area contributed by atoms with Gasteiger partial charge in [0.1, 0.15) is 28.9 Å². The van der Waals surface area contributed by atoms with Crippen LogP contribution in [0.25, 0.3) is 0 Å². The van der Waals surface area contributed by atoms with Crippen LogP contribution >= 0.6 is 15.9 Å². The Bertz CT molecular complexity index is 1150. The van der Waals surface area contributed by atoms with Crippen LogP contribution in [0, 0.1) is 11.3 Å². The minimum atomic E-state index is -0.671. The van der Waals surface area contributed by atoms with E-state index >= 15 is 0 Å². The third kappa shape index (κ3) is 3.68. The summed E-state index contributed by atoms with van der Waals surface area (Å²) in [5, 5.41) is 9.85. The van der Waals surface area contributed by atoms with Crippen LogP contribution in [-0.2, 0) is 9.53 Å². The maximum Gasteiger partial charge on any atom is 0.205 e. The van der Waals surface area contributed by atoms with E-state index in [2.05, 4.69) is 22.0 Å². The number of hydrogen-bond donors (Lipinski definition) is 1. The molecule has 1 heterocycles. The van der Waals surface area contributed by atoms with E-state index < -0.39 is 5.92 Å². The van der Waals surface area contributed by atoms with Gasteiger partial charge >= 0.3 is 0 Å². The van der Waals surface area contributed by atoms with Gasteiger partial charge in [0.05, 0.1) is 24.6 Å². The van der Waals surface area contributed by atoms with Crippen LogP contribution in [0.2, 0.25) is 0 Å². The van der Waals surface area contributed by atoms with E-state index in [9.17, 15) is 10.1 Å². The zero-order chi connectivity index (χ0) is 22.1. The third-order valence-corrected chi connectivity index (χ3v) is 6.37. The Hall–Kier alpha value is -3.24. The summed E-state index contributed by atoms with van der Waals surface area (Å²) in [4.78, 5) is 13.4. The largest absolute Gasteiger partial charge is 0.496 e. The van der Waals surface area contributed by atoms with Crippen LogP contribution in [-0.4, -0.2) is 20.0 Å². The fourth-order valence-corrected chi connectivity index (χ4v) is 4.81. The standard InChI is InChI=1S/C24H21BrN2O4/c1-29-19-11-20(30-2)17(25)10-15(19)22-16(12-26)24(27)31-21-9-14(8-18(28)23(21)22)13-6-4-3-5-7-13/h3-7,10-11,14,22H,8-9,27H2,1-2H3. The van der Waals surface area contributed by atoms with Crippen LogP contribution in [0.15, 0.2) is 69.7 Å². The quantitative estimate of drug-likeness (QED) is 0.682. The molecule has 4 rings (SSSR count). The van der Waals surface area contributed by atoms with Crippen molar-refractivity contribution in [2.24, 2.45) is 5.73 Å². The zero-order valence-corrected chi connectivity index (χ0v) is 18.7. The van der Waals surface area contributed by atoms with Gasteiger partial charge in [0.25, 0.3) is 0 Å². The molecule has 0 bridgehead atoms. The number of halogens is 1. The molecule has 1 aliphatic heterocycles. The van der Waals surface area contributed by atoms with Crippen molar-refractivity contribution in [2.75, 3.05) is 14.2 Å². The second-order valence-corrected chi connectivity index (χ2v) is 8.28. The molecule has 0 spiro atoms. The highest BCUT2D eigenvalue weighted by Gasteiger charge is 2.42. The van der Waals surface area contributed by atoms with Crippen LogP contribution < -0.4 is 15.2 Å². The average Bonchev–Trinajstić information content (AvgIpc) is 2.78. The molecule has 0 saturated carbocycles. The van der Waals surface area contributed by atoms with Crippen molar-refractivity contribution in [3.05, 3.63) is 80.9 Å². The minimum absolute atomic E-state index is 0.00552. The summed E-state index contributed by atoms with van der Waals surface area (Å²) in [6, 6.07) is 15.5. The third-order valence-electron chi connectivity index (χ3n) is 5.75. The molecular weight excluding hydrogens is 460 g/mol. The molecule has 2 unspecified atom stereocenters. The van der Waals surface area contributed by atoms with Crippen LogP contribution in [0.1, 0.15) is 35.8 Å². The van der Waals surface area contributed by atoms with Gasteiger partial charge in [-0.3, -0.25) is 4.79 Å². The number of nitrogens with zero attached hydrogens (tertiary/aromatic N) is 1. The number of allylic oxidation sites excluding steroid dienone is 3. The lowest BCUT2D eigenvalue weighted by Gasteiger charge is -2.34. The molecule has 2 N–H and O–H groups in total. The maximum atomic E-state index is 13.4. The number of carbonyl (C=O) groups is 1. The lowest BCUT2D eigenvalue weighted by atomic mass is 9.73. The highest BCUT2D eigenvalue weighted by molar-refractivity contribution is 9.10. The van der Waals surface area contributed by atoms with Crippen LogP contribution in [0.4, 0.5) is 0 Å². The number of benzene rings is 2. The van der Waals surface area contributed by atoms with Gasteiger partial charge in [-0.1, -0.05) is 30.3 Å². The Balaban J connectivity index is 1.86. The van der Waals surface area contributed by atoms with Crippen molar-refractivity contribution in [3.63, 3.8) is 0 Å². The van der Waals surface area contributed by atoms with Gasteiger partial charge in [0.15, 0.2) is 5.78 Å². The molecule has 2 atom stereocenters. The molecule has 2 aliphatic rings. The highest BCUT2D eigenvalue weighted by atomic mass is 79.9. The van der Waals surface area contributed by atoms with Crippen molar-refractivity contribution in [2.45, 2.75) is 24.7 Å². The molecule has 0 saturated heterocycles. The van der Waals surface area contributed by atoms with Gasteiger partial charge in [-0.2, -0.15) is 5.26 Å². The SMILES string of the molecule is COc1cc(OC)c(C2C(C#N)=C(N)OC3=C2C(=O)CC(c2ccccc2)C3)cc1Br. The van der Waals surface area contributed by atoms with Crippen molar-refractivity contribution in [1.82, 2.24) is 0 Å². The average molecular weight is 481 g/mol. The van der Waals surface area contributed by atoms with E-state index in [0.717, 1.165) is 5.56 Å². The molecule has 0 radical (unpaired) electrons. The zero-order valence-electron chi connectivity index (χ0n) is 17.1. The molecule has 6 nitrogen and oxygen atoms in total. The topological polar surface area (TPSA) is 94.6 Å². The predicted octanol–water partition coefficient (Wildman–Crippen LogP) is 4.67. The van der Waals surface area contributed by atoms with Crippen LogP contribution in [0.5, 0.6) is 11.5 Å². The number of carbonyl (C=O) groups excluding carboxylic acids is 1. The fourth-order valence-electron chi connectivity index (χ4n) is 4.29. The van der Waals surface area contributed by atoms with E-state index in [1.807, 2.05) is 30.3 Å². The van der Waals surface area contributed by atoms with Crippen molar-refractivity contribution < 1.29 is 19.0 Å². The Morgan fingerprint density at radius 3 is 2.48 bits per heavy atom. The van der Waals surface area contributed by atoms with Crippen molar-refractivity contribution in [1.29, 1.82) is 5.26 Å². The summed E-state index contributed by atoms with van der Waals surface area (Å²) in [6.07, 6.45) is 0.863. The molecule has 2 aromatic rings. The first-order valence-electron chi connectivity index (χ1n) is 9.78. The Labute approximate surface area is 189 Å². The fraction of sp³-hybridized carbons (Fsp3) is 0.250. The normalized spacial score (nSPS) is 20.6. The number of methoxy groups -OCH3 is 2. The summed E-state index contributed by atoms with van der Waals surface area (Å²) in [5.74, 6) is 0.870. The molecule has 7 heteroatoms. The molecule has 0 fully saturated rings. The summed E-state index contributed by atoms with van der Waals surface area (Å²) in [7, 11) is 3.09. The molecule has 158 valence electrons. The van der Waals surface area contributed by atoms with Gasteiger partial charge in [0.2, 0.25) is 5.88 Å². The first-order chi connectivity index (χ1) is 15.0. The van der Waals surface area contributed by atoms with Gasteiger partial charge in [0, 0.05) is 30.0 Å². The molecule has 31 heavy (non-hydrogen) atoms. The predicted molar refractivity (Wildman–Crippen MR) is 118 cm³/mol. The van der Waals surface area contributed by atoms with Crippen molar-refractivity contribution >= 4 is 21.7 Å². The number of nitriles is 1. The molecule has 2 aromatic carbocycles. The summed E-state index contributed by atoms with van der Waals surface area (Å²) in [5.41, 5.74) is 8.53. The van der Waals surface area contributed by atoms with Gasteiger partial charge in [-0.15, -0.1) is 0 Å². The van der Waals surface area contributed by atoms with E-state index in [1.165, 1.54) is 7.11 Å². The smallest absolute Gasteiger partial charge is 0.205 e. The number of rotatable bonds is 4. The molecule has 0 aromatic heterocycles. The van der Waals surface area contributed by atoms with E-state index in [-0.39, 0.29) is 23.2 Å². The highest BCUT2D eigenvalue weighted by Crippen LogP contribution is 2.49. The lowest BCUT2D eigenvalue weighted by molar-refractivity contribution is -0.117. The van der Waals surface area contributed by atoms with Crippen LogP contribution in [0.3, 0.4) is 0 Å². The first kappa shape index (κ1) is 21.0. The Kier molecular flexibility index (Phi) is 5.75. The lowest BCUT2D eigenvalue weighted by Crippen LogP contribution is -2.30. The molecular formula is C24H21BrN2O4. The summed E-state index contributed by atoms with van der Waals surface area (Å²) in [6.45, 7) is 0. The first-order valence-corrected chi connectivity index (χ1v) is 10.6. The molecule has 1 aliphatic carbocycles.